The summed E-state index contributed by atoms with van der Waals surface area (Å²) in [5.74, 6) is -1.56. The van der Waals surface area contributed by atoms with Crippen LogP contribution in [0.3, 0.4) is 0 Å². The van der Waals surface area contributed by atoms with Gasteiger partial charge in [0.2, 0.25) is 0 Å². The van der Waals surface area contributed by atoms with E-state index in [4.69, 9.17) is 14.2 Å². The van der Waals surface area contributed by atoms with Crippen LogP contribution in [0.4, 0.5) is 4.39 Å². The first-order valence-electron chi connectivity index (χ1n) is 9.39. The van der Waals surface area contributed by atoms with Gasteiger partial charge in [0.1, 0.15) is 23.7 Å². The molecule has 0 radical (unpaired) electrons. The van der Waals surface area contributed by atoms with Gasteiger partial charge in [-0.15, -0.1) is 0 Å². The highest BCUT2D eigenvalue weighted by molar-refractivity contribution is 5.94. The third kappa shape index (κ3) is 4.84. The maximum atomic E-state index is 14.7. The van der Waals surface area contributed by atoms with Gasteiger partial charge in [-0.2, -0.15) is 0 Å². The monoisotopic (exact) mass is 408 g/mol. The first-order valence-corrected chi connectivity index (χ1v) is 9.39. The number of esters is 2. The molecule has 3 aromatic carbocycles. The van der Waals surface area contributed by atoms with Crippen LogP contribution in [0.5, 0.6) is 5.75 Å². The molecule has 0 saturated carbocycles. The number of methoxy groups -OCH3 is 1. The molecule has 6 heteroatoms. The van der Waals surface area contributed by atoms with Crippen LogP contribution >= 0.6 is 0 Å². The van der Waals surface area contributed by atoms with Crippen molar-refractivity contribution in [2.24, 2.45) is 0 Å². The molecule has 154 valence electrons. The van der Waals surface area contributed by atoms with E-state index in [-0.39, 0.29) is 30.1 Å². The van der Waals surface area contributed by atoms with E-state index in [1.165, 1.54) is 13.2 Å². The highest BCUT2D eigenvalue weighted by atomic mass is 19.1. The SMILES string of the molecule is CCOC(=O)c1ccc(-c2cc(C(=O)OCc3ccccc3)c(OC)cc2F)cc1. The predicted molar refractivity (Wildman–Crippen MR) is 110 cm³/mol. The third-order valence-electron chi connectivity index (χ3n) is 4.43. The van der Waals surface area contributed by atoms with E-state index in [0.717, 1.165) is 11.6 Å². The first-order chi connectivity index (χ1) is 14.5. The molecule has 0 unspecified atom stereocenters. The van der Waals surface area contributed by atoms with Gasteiger partial charge in [-0.3, -0.25) is 0 Å². The van der Waals surface area contributed by atoms with Crippen LogP contribution in [0.2, 0.25) is 0 Å². The molecule has 0 bridgehead atoms. The zero-order valence-electron chi connectivity index (χ0n) is 16.7. The highest BCUT2D eigenvalue weighted by Crippen LogP contribution is 2.31. The predicted octanol–water partition coefficient (Wildman–Crippen LogP) is 5.04. The number of rotatable bonds is 7. The fraction of sp³-hybridized carbons (Fsp3) is 0.167. The number of halogens is 1. The molecule has 0 amide bonds. The van der Waals surface area contributed by atoms with Crippen LogP contribution in [0, 0.1) is 5.82 Å². The molecule has 0 saturated heterocycles. The number of benzene rings is 3. The minimum atomic E-state index is -0.625. The van der Waals surface area contributed by atoms with Crippen molar-refractivity contribution in [3.8, 4) is 16.9 Å². The molecular formula is C24H21FO5. The summed E-state index contributed by atoms with van der Waals surface area (Å²) >= 11 is 0. The van der Waals surface area contributed by atoms with Crippen LogP contribution < -0.4 is 4.74 Å². The lowest BCUT2D eigenvalue weighted by atomic mass is 10.0. The molecule has 3 rings (SSSR count). The molecule has 0 spiro atoms. The van der Waals surface area contributed by atoms with E-state index in [1.54, 1.807) is 31.2 Å². The Labute approximate surface area is 174 Å². The summed E-state index contributed by atoms with van der Waals surface area (Å²) in [6.07, 6.45) is 0. The number of carbonyl (C=O) groups excluding carboxylic acids is 2. The van der Waals surface area contributed by atoms with Crippen LogP contribution in [-0.2, 0) is 16.1 Å². The summed E-state index contributed by atoms with van der Waals surface area (Å²) in [5, 5.41) is 0. The summed E-state index contributed by atoms with van der Waals surface area (Å²) in [6, 6.07) is 18.1. The van der Waals surface area contributed by atoms with Crippen LogP contribution in [0.25, 0.3) is 11.1 Å². The Morgan fingerprint density at radius 3 is 2.23 bits per heavy atom. The third-order valence-corrected chi connectivity index (χ3v) is 4.43. The van der Waals surface area contributed by atoms with Gasteiger partial charge in [0.25, 0.3) is 0 Å². The lowest BCUT2D eigenvalue weighted by molar-refractivity contribution is 0.0467. The van der Waals surface area contributed by atoms with E-state index < -0.39 is 17.8 Å². The van der Waals surface area contributed by atoms with E-state index >= 15 is 0 Å². The van der Waals surface area contributed by atoms with Gasteiger partial charge < -0.3 is 14.2 Å². The summed E-state index contributed by atoms with van der Waals surface area (Å²) in [6.45, 7) is 2.07. The second-order valence-corrected chi connectivity index (χ2v) is 6.39. The van der Waals surface area contributed by atoms with E-state index in [9.17, 15) is 14.0 Å². The lowest BCUT2D eigenvalue weighted by Gasteiger charge is -2.12. The van der Waals surface area contributed by atoms with Crippen molar-refractivity contribution in [1.82, 2.24) is 0 Å². The molecule has 3 aromatic rings. The number of hydrogen-bond donors (Lipinski definition) is 0. The number of hydrogen-bond acceptors (Lipinski definition) is 5. The number of carbonyl (C=O) groups is 2. The van der Waals surface area contributed by atoms with Crippen molar-refractivity contribution in [3.05, 3.63) is 89.2 Å². The van der Waals surface area contributed by atoms with E-state index in [1.807, 2.05) is 30.3 Å². The average Bonchev–Trinajstić information content (AvgIpc) is 2.78. The zero-order chi connectivity index (χ0) is 21.5. The second-order valence-electron chi connectivity index (χ2n) is 6.39. The van der Waals surface area contributed by atoms with Gasteiger partial charge in [-0.25, -0.2) is 14.0 Å². The Morgan fingerprint density at radius 1 is 0.900 bits per heavy atom. The Morgan fingerprint density at radius 2 is 1.60 bits per heavy atom. The average molecular weight is 408 g/mol. The Kier molecular flexibility index (Phi) is 6.80. The van der Waals surface area contributed by atoms with Gasteiger partial charge in [0.15, 0.2) is 0 Å². The van der Waals surface area contributed by atoms with Crippen molar-refractivity contribution in [2.75, 3.05) is 13.7 Å². The summed E-state index contributed by atoms with van der Waals surface area (Å²) in [7, 11) is 1.36. The minimum Gasteiger partial charge on any atom is -0.496 e. The summed E-state index contributed by atoms with van der Waals surface area (Å²) < 4.78 is 30.2. The van der Waals surface area contributed by atoms with Crippen molar-refractivity contribution < 1.29 is 28.2 Å². The van der Waals surface area contributed by atoms with Gasteiger partial charge in [-0.1, -0.05) is 42.5 Å². The topological polar surface area (TPSA) is 61.8 Å². The van der Waals surface area contributed by atoms with Crippen LogP contribution in [0.15, 0.2) is 66.7 Å². The van der Waals surface area contributed by atoms with Crippen LogP contribution in [-0.4, -0.2) is 25.7 Å². The normalized spacial score (nSPS) is 10.4. The maximum absolute atomic E-state index is 14.7. The smallest absolute Gasteiger partial charge is 0.342 e. The Balaban J connectivity index is 1.87. The molecule has 0 aliphatic carbocycles. The lowest BCUT2D eigenvalue weighted by Crippen LogP contribution is -2.08. The van der Waals surface area contributed by atoms with E-state index in [2.05, 4.69) is 0 Å². The summed E-state index contributed by atoms with van der Waals surface area (Å²) in [5.41, 5.74) is 2.00. The molecule has 0 fully saturated rings. The maximum Gasteiger partial charge on any atom is 0.342 e. The van der Waals surface area contributed by atoms with Crippen LogP contribution in [0.1, 0.15) is 33.2 Å². The van der Waals surface area contributed by atoms with Crippen molar-refractivity contribution in [1.29, 1.82) is 0 Å². The molecule has 0 N–H and O–H groups in total. The second kappa shape index (κ2) is 9.69. The molecule has 0 atom stereocenters. The van der Waals surface area contributed by atoms with Gasteiger partial charge >= 0.3 is 11.9 Å². The van der Waals surface area contributed by atoms with E-state index in [0.29, 0.717) is 11.1 Å². The zero-order valence-corrected chi connectivity index (χ0v) is 16.7. The molecule has 0 heterocycles. The quantitative estimate of drug-likeness (QED) is 0.513. The van der Waals surface area contributed by atoms with Gasteiger partial charge in [0, 0.05) is 11.6 Å². The highest BCUT2D eigenvalue weighted by Gasteiger charge is 2.19. The Hall–Kier alpha value is -3.67. The van der Waals surface area contributed by atoms with Crippen molar-refractivity contribution in [2.45, 2.75) is 13.5 Å². The largest absolute Gasteiger partial charge is 0.496 e. The summed E-state index contributed by atoms with van der Waals surface area (Å²) in [4.78, 5) is 24.4. The molecule has 0 aliphatic heterocycles. The standard InChI is InChI=1S/C24H21FO5/c1-3-29-23(26)18-11-9-17(10-12-18)19-13-20(22(28-2)14-21(19)25)24(27)30-15-16-7-5-4-6-8-16/h4-14H,3,15H2,1-2H3. The fourth-order valence-electron chi connectivity index (χ4n) is 2.91. The molecular weight excluding hydrogens is 387 g/mol. The first kappa shape index (κ1) is 21.0. The van der Waals surface area contributed by atoms with Crippen molar-refractivity contribution in [3.63, 3.8) is 0 Å². The van der Waals surface area contributed by atoms with Gasteiger partial charge in [0.05, 0.1) is 19.3 Å². The molecule has 30 heavy (non-hydrogen) atoms. The fourth-order valence-corrected chi connectivity index (χ4v) is 2.91. The van der Waals surface area contributed by atoms with Gasteiger partial charge in [-0.05, 0) is 36.2 Å². The minimum absolute atomic E-state index is 0.0810. The molecule has 0 aliphatic rings. The van der Waals surface area contributed by atoms with Crippen molar-refractivity contribution >= 4 is 11.9 Å². The number of ether oxygens (including phenoxy) is 3. The Bertz CT molecular complexity index is 1030. The molecule has 5 nitrogen and oxygen atoms in total. The molecule has 0 aromatic heterocycles.